The number of hydrogen-bond donors (Lipinski definition) is 0. The summed E-state index contributed by atoms with van der Waals surface area (Å²) in [5.74, 6) is -0.862. The van der Waals surface area contributed by atoms with Crippen LogP contribution in [0.2, 0.25) is 0 Å². The third-order valence-electron chi connectivity index (χ3n) is 15.0. The molecule has 72 heavy (non-hydrogen) atoms. The van der Waals surface area contributed by atoms with Crippen LogP contribution in [0.5, 0.6) is 0 Å². The van der Waals surface area contributed by atoms with E-state index in [-0.39, 0.29) is 31.1 Å². The second kappa shape index (κ2) is 61.7. The normalized spacial score (nSPS) is 12.0. The van der Waals surface area contributed by atoms with Gasteiger partial charge in [0.05, 0.1) is 0 Å². The van der Waals surface area contributed by atoms with Gasteiger partial charge in [-0.05, 0) is 38.5 Å². The van der Waals surface area contributed by atoms with E-state index < -0.39 is 6.10 Å². The highest BCUT2D eigenvalue weighted by Crippen LogP contribution is 2.19. The second-order valence-corrected chi connectivity index (χ2v) is 22.4. The van der Waals surface area contributed by atoms with Gasteiger partial charge in [0.15, 0.2) is 6.10 Å². The average Bonchev–Trinajstić information content (AvgIpc) is 3.38. The molecule has 0 aromatic heterocycles. The van der Waals surface area contributed by atoms with E-state index >= 15 is 0 Å². The highest BCUT2D eigenvalue weighted by molar-refractivity contribution is 5.71. The van der Waals surface area contributed by atoms with Gasteiger partial charge in [-0.15, -0.1) is 0 Å². The van der Waals surface area contributed by atoms with Crippen molar-refractivity contribution in [2.24, 2.45) is 0 Å². The molecule has 1 atom stereocenters. The molecule has 0 aliphatic heterocycles. The minimum absolute atomic E-state index is 0.0684. The number of ether oxygens (including phenoxy) is 3. The van der Waals surface area contributed by atoms with Crippen LogP contribution in [-0.4, -0.2) is 37.2 Å². The Balaban J connectivity index is 3.84. The Kier molecular flexibility index (Phi) is 60.1. The Bertz CT molecular complexity index is 1120. The quantitative estimate of drug-likeness (QED) is 0.0261. The molecule has 6 heteroatoms. The predicted molar refractivity (Wildman–Crippen MR) is 312 cm³/mol. The maximum atomic E-state index is 12.8. The van der Waals surface area contributed by atoms with Crippen molar-refractivity contribution in [2.75, 3.05) is 13.2 Å². The highest BCUT2D eigenvalue weighted by Gasteiger charge is 2.19. The molecule has 0 saturated carbocycles. The molecule has 1 unspecified atom stereocenters. The van der Waals surface area contributed by atoms with Crippen molar-refractivity contribution < 1.29 is 28.6 Å². The zero-order valence-corrected chi connectivity index (χ0v) is 49.0. The number of hydrogen-bond acceptors (Lipinski definition) is 6. The van der Waals surface area contributed by atoms with Crippen molar-refractivity contribution in [1.82, 2.24) is 0 Å². The molecule has 0 N–H and O–H groups in total. The van der Waals surface area contributed by atoms with Gasteiger partial charge in [-0.3, -0.25) is 14.4 Å². The van der Waals surface area contributed by atoms with Crippen molar-refractivity contribution in [1.29, 1.82) is 0 Å². The van der Waals surface area contributed by atoms with Crippen molar-refractivity contribution in [3.05, 3.63) is 12.2 Å². The summed E-state index contributed by atoms with van der Waals surface area (Å²) >= 11 is 0. The third kappa shape index (κ3) is 59.0. The van der Waals surface area contributed by atoms with Gasteiger partial charge in [0.1, 0.15) is 13.2 Å². The van der Waals surface area contributed by atoms with Gasteiger partial charge in [-0.2, -0.15) is 0 Å². The Morgan fingerprint density at radius 2 is 0.472 bits per heavy atom. The minimum Gasteiger partial charge on any atom is -0.462 e. The molecule has 6 nitrogen and oxygen atoms in total. The first-order valence-electron chi connectivity index (χ1n) is 32.7. The van der Waals surface area contributed by atoms with Crippen LogP contribution in [-0.2, 0) is 28.6 Å². The fourth-order valence-electron chi connectivity index (χ4n) is 10.1. The molecule has 0 heterocycles. The van der Waals surface area contributed by atoms with E-state index in [1.807, 2.05) is 0 Å². The summed E-state index contributed by atoms with van der Waals surface area (Å²) in [4.78, 5) is 37.9. The molecule has 0 saturated heterocycles. The first-order chi connectivity index (χ1) is 35.5. The molecule has 0 aromatic carbocycles. The van der Waals surface area contributed by atoms with Crippen LogP contribution < -0.4 is 0 Å². The smallest absolute Gasteiger partial charge is 0.306 e. The molecule has 0 aliphatic rings. The third-order valence-corrected chi connectivity index (χ3v) is 15.0. The molecule has 0 aliphatic carbocycles. The van der Waals surface area contributed by atoms with Gasteiger partial charge in [0.2, 0.25) is 0 Å². The molecule has 0 aromatic rings. The first-order valence-corrected chi connectivity index (χ1v) is 32.7. The van der Waals surface area contributed by atoms with E-state index in [4.69, 9.17) is 14.2 Å². The van der Waals surface area contributed by atoms with Gasteiger partial charge in [0, 0.05) is 19.3 Å². The average molecular weight is 1020 g/mol. The van der Waals surface area contributed by atoms with Gasteiger partial charge in [0.25, 0.3) is 0 Å². The summed E-state index contributed by atoms with van der Waals surface area (Å²) < 4.78 is 16.8. The predicted octanol–water partition coefficient (Wildman–Crippen LogP) is 22.1. The highest BCUT2D eigenvalue weighted by atomic mass is 16.6. The maximum absolute atomic E-state index is 12.8. The topological polar surface area (TPSA) is 78.9 Å². The monoisotopic (exact) mass is 1010 g/mol. The number of esters is 3. The fraction of sp³-hybridized carbons (Fsp3) is 0.924. The first kappa shape index (κ1) is 70.1. The summed E-state index contributed by atoms with van der Waals surface area (Å²) in [6, 6.07) is 0. The van der Waals surface area contributed by atoms with E-state index in [9.17, 15) is 14.4 Å². The van der Waals surface area contributed by atoms with Crippen LogP contribution in [0.1, 0.15) is 374 Å². The van der Waals surface area contributed by atoms with Gasteiger partial charge in [-0.25, -0.2) is 0 Å². The Labute approximate surface area is 450 Å². The second-order valence-electron chi connectivity index (χ2n) is 22.4. The lowest BCUT2D eigenvalue weighted by Crippen LogP contribution is -2.30. The molecule has 0 fully saturated rings. The Morgan fingerprint density at radius 1 is 0.264 bits per heavy atom. The van der Waals surface area contributed by atoms with E-state index in [0.717, 1.165) is 64.2 Å². The molecular formula is C66H126O6. The number of allylic oxidation sites excluding steroid dienone is 2. The molecular weight excluding hydrogens is 889 g/mol. The fourth-order valence-corrected chi connectivity index (χ4v) is 10.1. The van der Waals surface area contributed by atoms with Crippen LogP contribution in [0, 0.1) is 0 Å². The van der Waals surface area contributed by atoms with Crippen molar-refractivity contribution in [3.63, 3.8) is 0 Å². The summed E-state index contributed by atoms with van der Waals surface area (Å²) in [6.07, 6.45) is 72.9. The van der Waals surface area contributed by atoms with E-state index in [0.29, 0.717) is 19.3 Å². The van der Waals surface area contributed by atoms with Crippen molar-refractivity contribution >= 4 is 17.9 Å². The summed E-state index contributed by atoms with van der Waals surface area (Å²) in [7, 11) is 0. The van der Waals surface area contributed by atoms with E-state index in [1.54, 1.807) is 0 Å². The lowest BCUT2D eigenvalue weighted by atomic mass is 10.0. The maximum Gasteiger partial charge on any atom is 0.306 e. The molecule has 0 spiro atoms. The Hall–Kier alpha value is -1.85. The summed E-state index contributed by atoms with van der Waals surface area (Å²) in [5, 5.41) is 0. The van der Waals surface area contributed by atoms with Gasteiger partial charge in [-0.1, -0.05) is 328 Å². The number of carbonyl (C=O) groups excluding carboxylic acids is 3. The molecule has 426 valence electrons. The number of rotatable bonds is 61. The van der Waals surface area contributed by atoms with Gasteiger partial charge >= 0.3 is 17.9 Å². The standard InChI is InChI=1S/C66H126O6/c1-4-7-10-13-16-19-21-22-23-24-25-26-27-28-29-30-31-32-33-34-35-36-37-38-39-40-41-42-43-44-46-47-50-53-56-59-65(68)71-62-63(61-70-64(67)58-55-52-49-18-15-12-9-6-3)72-66(69)60-57-54-51-48-45-20-17-14-11-8-5-2/h14,17,63H,4-13,15-16,18-62H2,1-3H3/b17-14-. The van der Waals surface area contributed by atoms with Gasteiger partial charge < -0.3 is 14.2 Å². The van der Waals surface area contributed by atoms with Crippen LogP contribution in [0.25, 0.3) is 0 Å². The zero-order valence-electron chi connectivity index (χ0n) is 49.0. The molecule has 0 bridgehead atoms. The number of carbonyl (C=O) groups is 3. The molecule has 0 radical (unpaired) electrons. The van der Waals surface area contributed by atoms with Crippen molar-refractivity contribution in [3.8, 4) is 0 Å². The SMILES string of the molecule is CCCC/C=C\CCCCCCCC(=O)OC(COC(=O)CCCCCCCCCC)COC(=O)CCCCCCCCCCCCCCCCCCCCCCCCCCCCCCCCCCCCC. The summed E-state index contributed by atoms with van der Waals surface area (Å²) in [5.41, 5.74) is 0. The van der Waals surface area contributed by atoms with Crippen LogP contribution in [0.3, 0.4) is 0 Å². The lowest BCUT2D eigenvalue weighted by Gasteiger charge is -2.18. The van der Waals surface area contributed by atoms with Crippen LogP contribution in [0.15, 0.2) is 12.2 Å². The number of unbranched alkanes of at least 4 members (excludes halogenated alkanes) is 48. The van der Waals surface area contributed by atoms with Crippen LogP contribution >= 0.6 is 0 Å². The van der Waals surface area contributed by atoms with Crippen molar-refractivity contribution in [2.45, 2.75) is 380 Å². The molecule has 0 rings (SSSR count). The Morgan fingerprint density at radius 3 is 0.736 bits per heavy atom. The van der Waals surface area contributed by atoms with E-state index in [2.05, 4.69) is 32.9 Å². The van der Waals surface area contributed by atoms with Crippen LogP contribution in [0.4, 0.5) is 0 Å². The minimum atomic E-state index is -0.767. The zero-order chi connectivity index (χ0) is 52.2. The van der Waals surface area contributed by atoms with E-state index in [1.165, 1.54) is 270 Å². The largest absolute Gasteiger partial charge is 0.462 e. The molecule has 0 amide bonds. The summed E-state index contributed by atoms with van der Waals surface area (Å²) in [6.45, 7) is 6.62. The lowest BCUT2D eigenvalue weighted by molar-refractivity contribution is -0.167.